The molecule has 340 valence electrons. The van der Waals surface area contributed by atoms with Crippen LogP contribution < -0.4 is 43.1 Å². The lowest BCUT2D eigenvalue weighted by Crippen LogP contribution is -3.61. The zero-order valence-corrected chi connectivity index (χ0v) is 33.6. The van der Waals surface area contributed by atoms with Gasteiger partial charge in [-0.2, -0.15) is 0 Å². The van der Waals surface area contributed by atoms with E-state index in [9.17, 15) is 62.3 Å². The van der Waals surface area contributed by atoms with Crippen molar-refractivity contribution < 1.29 is 129 Å². The van der Waals surface area contributed by atoms with Crippen molar-refractivity contribution in [2.75, 3.05) is 0 Å². The lowest BCUT2D eigenvalue weighted by Gasteiger charge is -2.44. The lowest BCUT2D eigenvalue weighted by atomic mass is 9.12. The zero-order chi connectivity index (χ0) is 48.2. The molecule has 2 heterocycles. The van der Waals surface area contributed by atoms with Crippen LogP contribution in [0.5, 0.6) is 0 Å². The Morgan fingerprint density at radius 3 is 0.734 bits per heavy atom. The van der Waals surface area contributed by atoms with Gasteiger partial charge in [-0.15, -0.1) is 21.9 Å². The Hall–Kier alpha value is -5.39. The molecular weight excluding hydrogens is 1080 g/mol. The molecule has 28 heteroatoms. The third-order valence-corrected chi connectivity index (χ3v) is 14.7. The molecule has 0 spiro atoms. The molecule has 0 aliphatic heterocycles. The molecule has 0 amide bonds. The number of carbonyl (C=O) groups is 2. The van der Waals surface area contributed by atoms with E-state index in [-0.39, 0.29) is 34.0 Å². The molecule has 4 aromatic carbocycles. The van der Waals surface area contributed by atoms with Gasteiger partial charge in [-0.25, -0.2) is 87.8 Å². The van der Waals surface area contributed by atoms with Gasteiger partial charge in [0.25, 0.3) is 0 Å². The number of halogens is 21. The molecule has 0 atom stereocenters. The van der Waals surface area contributed by atoms with Gasteiger partial charge >= 0.3 is 33.1 Å². The van der Waals surface area contributed by atoms with Crippen LogP contribution in [-0.2, 0) is 22.4 Å². The summed E-state index contributed by atoms with van der Waals surface area (Å²) in [6.45, 7) is 0. The molecule has 0 unspecified atom stereocenters. The van der Waals surface area contributed by atoms with Crippen molar-refractivity contribution in [1.82, 2.24) is 0 Å². The molecule has 0 fully saturated rings. The first-order valence-electron chi connectivity index (χ1n) is 16.2. The number of hydrogen-bond acceptors (Lipinski definition) is 4. The highest BCUT2D eigenvalue weighted by molar-refractivity contribution is 7.20. The van der Waals surface area contributed by atoms with Gasteiger partial charge < -0.3 is 10.2 Å². The molecule has 6 aromatic rings. The van der Waals surface area contributed by atoms with Crippen molar-refractivity contribution in [2.24, 2.45) is 0 Å². The molecule has 0 saturated heterocycles. The summed E-state index contributed by atoms with van der Waals surface area (Å²) in [5.74, 6) is -73.0. The molecule has 4 nitrogen and oxygen atoms in total. The van der Waals surface area contributed by atoms with Crippen LogP contribution in [0.4, 0.5) is 87.8 Å². The van der Waals surface area contributed by atoms with E-state index in [1.165, 1.54) is 28.4 Å². The van der Waals surface area contributed by atoms with Crippen molar-refractivity contribution in [3.05, 3.63) is 156 Å². The van der Waals surface area contributed by atoms with Crippen LogP contribution in [0.1, 0.15) is 9.75 Å². The van der Waals surface area contributed by atoms with Crippen molar-refractivity contribution in [1.29, 1.82) is 0 Å². The Bertz CT molecular complexity index is 2470. The molecular formula is C36H10BF20IO4S2. The van der Waals surface area contributed by atoms with Crippen LogP contribution in [0.2, 0.25) is 0 Å². The van der Waals surface area contributed by atoms with Crippen LogP contribution in [0.15, 0.2) is 24.3 Å². The fourth-order valence-electron chi connectivity index (χ4n) is 6.26. The average Bonchev–Trinajstić information content (AvgIpc) is 3.88. The predicted molar refractivity (Wildman–Crippen MR) is 178 cm³/mol. The second-order valence-corrected chi connectivity index (χ2v) is 19.1. The van der Waals surface area contributed by atoms with Crippen molar-refractivity contribution in [2.45, 2.75) is 12.8 Å². The van der Waals surface area contributed by atoms with Gasteiger partial charge in [0.05, 0.1) is 12.8 Å². The fourth-order valence-corrected chi connectivity index (χ4v) is 12.8. The topological polar surface area (TPSA) is 74.6 Å². The van der Waals surface area contributed by atoms with Crippen LogP contribution in [0, 0.1) is 122 Å². The third-order valence-electron chi connectivity index (χ3n) is 8.80. The normalized spacial score (nSPS) is 11.6. The quantitative estimate of drug-likeness (QED) is 0.0665. The van der Waals surface area contributed by atoms with Crippen molar-refractivity contribution in [3.63, 3.8) is 0 Å². The van der Waals surface area contributed by atoms with E-state index in [1.54, 1.807) is 0 Å². The highest BCUT2D eigenvalue weighted by atomic mass is 127. The molecule has 0 radical (unpaired) electrons. The molecule has 2 aromatic heterocycles. The van der Waals surface area contributed by atoms with E-state index in [2.05, 4.69) is 0 Å². The Kier molecular flexibility index (Phi) is 14.4. The highest BCUT2D eigenvalue weighted by Crippen LogP contribution is 2.31. The van der Waals surface area contributed by atoms with Gasteiger partial charge in [0.2, 0.25) is 5.77 Å². The smallest absolute Gasteiger partial charge is 0.381 e. The molecule has 64 heavy (non-hydrogen) atoms. The van der Waals surface area contributed by atoms with Crippen LogP contribution in [0.25, 0.3) is 0 Å². The standard InChI is InChI=1S/C24BF20.C12H9IO4S2/c26-5-1(6(27)14(35)21(42)13(5)34)25(2-7(28)15(36)22(43)16(37)8(2)29,3-9(30)17(38)23(44)18(39)10(3)31)4-11(32)19(40)24(45)20(41)12(4)33;14-11(15)5-7-1-3-9(18-7)13-10-4-2-8(19-10)6-12(16)17/h;1-4H,5-6H2,(H-,14,15,16,17)/q-1;/p+1. The third kappa shape index (κ3) is 8.37. The minimum Gasteiger partial charge on any atom is -0.481 e. The largest absolute Gasteiger partial charge is 0.481 e. The molecule has 0 aliphatic rings. The number of thiophene rings is 2. The average molecular weight is 1090 g/mol. The summed E-state index contributed by atoms with van der Waals surface area (Å²) in [5.41, 5.74) is -14.3. The summed E-state index contributed by atoms with van der Waals surface area (Å²) >= 11 is 2.74. The Morgan fingerprint density at radius 1 is 0.359 bits per heavy atom. The van der Waals surface area contributed by atoms with Gasteiger partial charge in [0.1, 0.15) is 52.7 Å². The molecule has 2 N–H and O–H groups in total. The van der Waals surface area contributed by atoms with Crippen LogP contribution in [-0.4, -0.2) is 28.3 Å². The second kappa shape index (κ2) is 18.6. The molecule has 6 rings (SSSR count). The van der Waals surface area contributed by atoms with Crippen LogP contribution in [0.3, 0.4) is 0 Å². The number of carboxylic acid groups (broad SMARTS) is 2. The van der Waals surface area contributed by atoms with Gasteiger partial charge in [-0.05, 0) is 12.1 Å². The molecule has 0 aliphatic carbocycles. The number of benzene rings is 4. The Balaban J connectivity index is 0.000000337. The zero-order valence-electron chi connectivity index (χ0n) is 29.8. The Morgan fingerprint density at radius 2 is 0.547 bits per heavy atom. The van der Waals surface area contributed by atoms with E-state index in [0.717, 1.165) is 9.75 Å². The Labute approximate surface area is 359 Å². The SMILES string of the molecule is Fc1c(F)c(F)c([B-](c2c(F)c(F)c(F)c(F)c2F)(c2c(F)c(F)c(F)c(F)c2F)c2c(F)c(F)c(F)c(F)c2F)c(F)c1F.O=C(O)Cc1ccc([I+]c2ccc(CC(=O)O)s2)s1. The maximum absolute atomic E-state index is 15.4. The van der Waals surface area contributed by atoms with E-state index >= 15 is 35.1 Å². The van der Waals surface area contributed by atoms with E-state index < -0.39 is 156 Å². The first-order valence-corrected chi connectivity index (χ1v) is 20.0. The maximum atomic E-state index is 15.4. The summed E-state index contributed by atoms with van der Waals surface area (Å²) in [7, 11) is 0. The predicted octanol–water partition coefficient (Wildman–Crippen LogP) is 5.04. The number of hydrogen-bond donors (Lipinski definition) is 2. The maximum Gasteiger partial charge on any atom is 0.381 e. The van der Waals surface area contributed by atoms with Crippen molar-refractivity contribution in [3.8, 4) is 0 Å². The van der Waals surface area contributed by atoms with E-state index in [0.29, 0.717) is 0 Å². The summed E-state index contributed by atoms with van der Waals surface area (Å²) in [6.07, 6.45) is -7.07. The fraction of sp³-hybridized carbons (Fsp3) is 0.0556. The first-order chi connectivity index (χ1) is 29.7. The number of aliphatic carboxylic acids is 2. The summed E-state index contributed by atoms with van der Waals surface area (Å²) in [4.78, 5) is 22.9. The van der Waals surface area contributed by atoms with E-state index in [1.807, 2.05) is 24.3 Å². The van der Waals surface area contributed by atoms with Gasteiger partial charge in [-0.1, -0.05) is 22.7 Å². The first kappa shape index (κ1) is 49.6. The molecule has 0 bridgehead atoms. The van der Waals surface area contributed by atoms with E-state index in [4.69, 9.17) is 10.2 Å². The molecule has 0 saturated carbocycles. The van der Waals surface area contributed by atoms with Gasteiger partial charge in [-0.3, -0.25) is 9.59 Å². The monoisotopic (exact) mass is 1090 g/mol. The summed E-state index contributed by atoms with van der Waals surface area (Å²) in [6, 6.07) is 7.68. The van der Waals surface area contributed by atoms with Crippen LogP contribution >= 0.6 is 22.7 Å². The minimum atomic E-state index is -7.22. The highest BCUT2D eigenvalue weighted by Gasteiger charge is 2.52. The second-order valence-electron chi connectivity index (χ2n) is 12.4. The number of rotatable bonds is 10. The van der Waals surface area contributed by atoms with Gasteiger partial charge in [0.15, 0.2) is 69.8 Å². The lowest BCUT2D eigenvalue weighted by molar-refractivity contribution is -0.585. The summed E-state index contributed by atoms with van der Waals surface area (Å²) < 4.78 is 296. The van der Waals surface area contributed by atoms with Gasteiger partial charge in [0, 0.05) is 21.9 Å². The van der Waals surface area contributed by atoms with Crippen molar-refractivity contribution >= 4 is 62.6 Å². The number of carboxylic acids is 2. The minimum absolute atomic E-state index is 0.0725. The summed E-state index contributed by atoms with van der Waals surface area (Å²) in [5, 5.41) is 17.4.